The van der Waals surface area contributed by atoms with Crippen molar-refractivity contribution in [3.05, 3.63) is 47.8 Å². The summed E-state index contributed by atoms with van der Waals surface area (Å²) in [5.74, 6) is -0.130. The third-order valence-corrected chi connectivity index (χ3v) is 4.63. The van der Waals surface area contributed by atoms with Gasteiger partial charge in [0.1, 0.15) is 5.82 Å². The number of imidazole rings is 1. The van der Waals surface area contributed by atoms with Gasteiger partial charge >= 0.3 is 0 Å². The minimum absolute atomic E-state index is 0.103. The summed E-state index contributed by atoms with van der Waals surface area (Å²) in [5, 5.41) is 2.97. The lowest BCUT2D eigenvalue weighted by molar-refractivity contribution is 0.525. The number of nitrogens with zero attached hydrogens (tertiary/aromatic N) is 2. The molecule has 4 heteroatoms. The predicted octanol–water partition coefficient (Wildman–Crippen LogP) is 3.09. The van der Waals surface area contributed by atoms with Gasteiger partial charge in [0, 0.05) is 35.6 Å². The fourth-order valence-corrected chi connectivity index (χ4v) is 3.36. The second kappa shape index (κ2) is 3.59. The van der Waals surface area contributed by atoms with Crippen molar-refractivity contribution < 1.29 is 4.39 Å². The Kier molecular flexibility index (Phi) is 2.08. The second-order valence-corrected chi connectivity index (χ2v) is 5.67. The molecular weight excluding hydrogens is 241 g/mol. The number of rotatable bonds is 2. The molecule has 2 aromatic rings. The van der Waals surface area contributed by atoms with Crippen molar-refractivity contribution in [1.82, 2.24) is 9.55 Å². The molecule has 0 amide bonds. The third-order valence-electron chi connectivity index (χ3n) is 4.63. The van der Waals surface area contributed by atoms with Gasteiger partial charge < -0.3 is 9.88 Å². The van der Waals surface area contributed by atoms with Crippen LogP contribution in [0.3, 0.4) is 0 Å². The second-order valence-electron chi connectivity index (χ2n) is 5.67. The standard InChI is InChI=1S/C15H16FN3/c1-17-10-2-3-11(12(16)6-10)13-7-15(4-5-15)14-8-18-9-19(13)14/h2-3,6,8-9,13,17H,4-5,7H2,1H3. The van der Waals surface area contributed by atoms with Gasteiger partial charge in [0.25, 0.3) is 0 Å². The van der Waals surface area contributed by atoms with Crippen LogP contribution in [-0.4, -0.2) is 16.6 Å². The summed E-state index contributed by atoms with van der Waals surface area (Å²) in [6.45, 7) is 0. The molecule has 1 aromatic heterocycles. The Morgan fingerprint density at radius 2 is 2.26 bits per heavy atom. The normalized spacial score (nSPS) is 22.5. The van der Waals surface area contributed by atoms with Crippen LogP contribution in [0.1, 0.15) is 36.6 Å². The molecule has 19 heavy (non-hydrogen) atoms. The van der Waals surface area contributed by atoms with E-state index in [0.29, 0.717) is 0 Å². The van der Waals surface area contributed by atoms with Crippen LogP contribution in [0.15, 0.2) is 30.7 Å². The summed E-state index contributed by atoms with van der Waals surface area (Å²) in [5.41, 5.74) is 3.16. The first-order chi connectivity index (χ1) is 9.23. The molecular formula is C15H16FN3. The molecule has 1 N–H and O–H groups in total. The SMILES string of the molecule is CNc1ccc(C2CC3(CC3)c3cncn32)c(F)c1. The van der Waals surface area contributed by atoms with E-state index in [2.05, 4.69) is 14.9 Å². The average Bonchev–Trinajstić information content (AvgIpc) is 2.91. The number of halogens is 1. The van der Waals surface area contributed by atoms with Gasteiger partial charge in [-0.1, -0.05) is 6.07 Å². The molecule has 1 aliphatic carbocycles. The van der Waals surface area contributed by atoms with Crippen molar-refractivity contribution in [2.45, 2.75) is 30.7 Å². The Hall–Kier alpha value is -1.84. The topological polar surface area (TPSA) is 29.9 Å². The zero-order chi connectivity index (χ0) is 13.0. The van der Waals surface area contributed by atoms with Crippen molar-refractivity contribution in [3.8, 4) is 0 Å². The first-order valence-corrected chi connectivity index (χ1v) is 6.73. The molecule has 98 valence electrons. The Labute approximate surface area is 111 Å². The van der Waals surface area contributed by atoms with Crippen molar-refractivity contribution in [1.29, 1.82) is 0 Å². The quantitative estimate of drug-likeness (QED) is 0.896. The first-order valence-electron chi connectivity index (χ1n) is 6.73. The summed E-state index contributed by atoms with van der Waals surface area (Å²) in [4.78, 5) is 4.25. The van der Waals surface area contributed by atoms with E-state index in [1.54, 1.807) is 13.1 Å². The van der Waals surface area contributed by atoms with E-state index in [0.717, 1.165) is 17.7 Å². The highest BCUT2D eigenvalue weighted by atomic mass is 19.1. The Morgan fingerprint density at radius 1 is 1.42 bits per heavy atom. The van der Waals surface area contributed by atoms with Crippen LogP contribution in [0.2, 0.25) is 0 Å². The van der Waals surface area contributed by atoms with Crippen molar-refractivity contribution in [2.75, 3.05) is 12.4 Å². The minimum Gasteiger partial charge on any atom is -0.388 e. The van der Waals surface area contributed by atoms with E-state index in [-0.39, 0.29) is 17.3 Å². The molecule has 1 fully saturated rings. The molecule has 1 spiro atoms. The van der Waals surface area contributed by atoms with Crippen LogP contribution in [0.25, 0.3) is 0 Å². The van der Waals surface area contributed by atoms with Gasteiger partial charge in [0.05, 0.1) is 12.4 Å². The van der Waals surface area contributed by atoms with E-state index in [1.165, 1.54) is 18.5 Å². The third kappa shape index (κ3) is 1.46. The van der Waals surface area contributed by atoms with Crippen molar-refractivity contribution in [3.63, 3.8) is 0 Å². The fourth-order valence-electron chi connectivity index (χ4n) is 3.36. The maximum Gasteiger partial charge on any atom is 0.130 e. The molecule has 1 aromatic carbocycles. The monoisotopic (exact) mass is 257 g/mol. The Bertz CT molecular complexity index is 643. The number of aromatic nitrogens is 2. The first kappa shape index (κ1) is 11.0. The number of hydrogen-bond acceptors (Lipinski definition) is 2. The largest absolute Gasteiger partial charge is 0.388 e. The van der Waals surface area contributed by atoms with Crippen LogP contribution < -0.4 is 5.32 Å². The number of benzene rings is 1. The Balaban J connectivity index is 1.79. The zero-order valence-electron chi connectivity index (χ0n) is 10.9. The fraction of sp³-hybridized carbons (Fsp3) is 0.400. The molecule has 0 radical (unpaired) electrons. The Morgan fingerprint density at radius 3 is 2.95 bits per heavy atom. The van der Waals surface area contributed by atoms with Crippen LogP contribution in [0.4, 0.5) is 10.1 Å². The highest BCUT2D eigenvalue weighted by Crippen LogP contribution is 2.59. The molecule has 1 saturated carbocycles. The molecule has 1 unspecified atom stereocenters. The highest BCUT2D eigenvalue weighted by molar-refractivity contribution is 5.46. The van der Waals surface area contributed by atoms with Crippen LogP contribution in [0, 0.1) is 5.82 Å². The molecule has 1 atom stereocenters. The number of hydrogen-bond donors (Lipinski definition) is 1. The van der Waals surface area contributed by atoms with Crippen molar-refractivity contribution in [2.24, 2.45) is 0 Å². The lowest BCUT2D eigenvalue weighted by Crippen LogP contribution is -2.07. The van der Waals surface area contributed by atoms with E-state index < -0.39 is 0 Å². The maximum absolute atomic E-state index is 14.3. The summed E-state index contributed by atoms with van der Waals surface area (Å²) >= 11 is 0. The van der Waals surface area contributed by atoms with Crippen LogP contribution in [-0.2, 0) is 5.41 Å². The summed E-state index contributed by atoms with van der Waals surface area (Å²) in [7, 11) is 1.80. The molecule has 2 heterocycles. The van der Waals surface area contributed by atoms with Crippen LogP contribution >= 0.6 is 0 Å². The van der Waals surface area contributed by atoms with Gasteiger partial charge in [0.15, 0.2) is 0 Å². The highest BCUT2D eigenvalue weighted by Gasteiger charge is 2.53. The van der Waals surface area contributed by atoms with E-state index in [4.69, 9.17) is 0 Å². The molecule has 4 rings (SSSR count). The van der Waals surface area contributed by atoms with Gasteiger partial charge in [-0.05, 0) is 31.4 Å². The number of anilines is 1. The molecule has 2 aliphatic rings. The zero-order valence-corrected chi connectivity index (χ0v) is 10.9. The van der Waals surface area contributed by atoms with Crippen LogP contribution in [0.5, 0.6) is 0 Å². The van der Waals surface area contributed by atoms with E-state index in [1.807, 2.05) is 24.7 Å². The molecule has 1 aliphatic heterocycles. The summed E-state index contributed by atoms with van der Waals surface area (Å²) in [6.07, 6.45) is 7.24. The lowest BCUT2D eigenvalue weighted by Gasteiger charge is -2.15. The molecule has 3 nitrogen and oxygen atoms in total. The maximum atomic E-state index is 14.3. The lowest BCUT2D eigenvalue weighted by atomic mass is 9.95. The number of fused-ring (bicyclic) bond motifs is 2. The van der Waals surface area contributed by atoms with Gasteiger partial charge in [-0.15, -0.1) is 0 Å². The van der Waals surface area contributed by atoms with Gasteiger partial charge in [-0.25, -0.2) is 9.37 Å². The predicted molar refractivity (Wildman–Crippen MR) is 71.8 cm³/mol. The van der Waals surface area contributed by atoms with Gasteiger partial charge in [-0.3, -0.25) is 0 Å². The summed E-state index contributed by atoms with van der Waals surface area (Å²) in [6, 6.07) is 5.51. The summed E-state index contributed by atoms with van der Waals surface area (Å²) < 4.78 is 16.4. The van der Waals surface area contributed by atoms with Crippen molar-refractivity contribution >= 4 is 5.69 Å². The number of nitrogens with one attached hydrogen (secondary N) is 1. The molecule has 0 bridgehead atoms. The molecule has 0 saturated heterocycles. The average molecular weight is 257 g/mol. The van der Waals surface area contributed by atoms with E-state index >= 15 is 0 Å². The van der Waals surface area contributed by atoms with E-state index in [9.17, 15) is 4.39 Å². The van der Waals surface area contributed by atoms with Gasteiger partial charge in [-0.2, -0.15) is 0 Å². The smallest absolute Gasteiger partial charge is 0.130 e. The minimum atomic E-state index is -0.130. The van der Waals surface area contributed by atoms with Gasteiger partial charge in [0.2, 0.25) is 0 Å².